The van der Waals surface area contributed by atoms with E-state index in [9.17, 15) is 9.18 Å². The lowest BCUT2D eigenvalue weighted by Crippen LogP contribution is -2.12. The Balaban J connectivity index is 1.62. The van der Waals surface area contributed by atoms with Crippen LogP contribution in [-0.2, 0) is 0 Å². The largest absolute Gasteiger partial charge is 0.436 e. The highest BCUT2D eigenvalue weighted by Gasteiger charge is 2.13. The third-order valence-corrected chi connectivity index (χ3v) is 4.52. The van der Waals surface area contributed by atoms with Crippen molar-refractivity contribution in [3.05, 3.63) is 83.2 Å². The first-order valence-corrected chi connectivity index (χ1v) is 8.55. The monoisotopic (exact) mass is 360 g/mol. The first-order valence-electron chi connectivity index (χ1n) is 8.55. The number of rotatable bonds is 3. The molecule has 0 radical (unpaired) electrons. The second-order valence-electron chi connectivity index (χ2n) is 6.43. The van der Waals surface area contributed by atoms with Crippen LogP contribution in [0.2, 0.25) is 0 Å². The molecule has 0 aliphatic heterocycles. The first kappa shape index (κ1) is 17.0. The number of carbonyl (C=O) groups excluding carboxylic acids is 1. The molecule has 4 aromatic rings. The number of aryl methyl sites for hydroxylation is 2. The number of fused-ring (bicyclic) bond motifs is 1. The van der Waals surface area contributed by atoms with Gasteiger partial charge in [-0.2, -0.15) is 0 Å². The van der Waals surface area contributed by atoms with E-state index in [4.69, 9.17) is 4.42 Å². The third-order valence-electron chi connectivity index (χ3n) is 4.52. The number of nitrogens with zero attached hydrogens (tertiary/aromatic N) is 1. The molecule has 0 saturated heterocycles. The molecule has 0 aliphatic rings. The van der Waals surface area contributed by atoms with Crippen molar-refractivity contribution in [2.24, 2.45) is 0 Å². The number of aromatic nitrogens is 1. The topological polar surface area (TPSA) is 55.1 Å². The molecule has 0 aliphatic carbocycles. The predicted octanol–water partition coefficient (Wildman–Crippen LogP) is 5.50. The van der Waals surface area contributed by atoms with Crippen molar-refractivity contribution < 1.29 is 13.6 Å². The summed E-state index contributed by atoms with van der Waals surface area (Å²) in [5, 5.41) is 2.86. The number of nitrogens with one attached hydrogen (secondary N) is 1. The van der Waals surface area contributed by atoms with Crippen LogP contribution in [0.25, 0.3) is 22.6 Å². The molecule has 1 aromatic heterocycles. The van der Waals surface area contributed by atoms with Crippen molar-refractivity contribution in [1.29, 1.82) is 0 Å². The zero-order valence-electron chi connectivity index (χ0n) is 14.9. The lowest BCUT2D eigenvalue weighted by molar-refractivity contribution is 0.102. The fraction of sp³-hybridized carbons (Fsp3) is 0.0909. The lowest BCUT2D eigenvalue weighted by Gasteiger charge is -2.07. The zero-order chi connectivity index (χ0) is 19.0. The standard InChI is InChI=1S/C22H17FN2O2/c1-13-7-8-15(11-14(13)2)21(26)24-16-9-10-20-19(12-16)25-22(27-20)17-5-3-4-6-18(17)23/h3-12H,1-2H3,(H,24,26). The van der Waals surface area contributed by atoms with E-state index in [1.54, 1.807) is 42.5 Å². The van der Waals surface area contributed by atoms with E-state index in [0.29, 0.717) is 27.9 Å². The third kappa shape index (κ3) is 3.31. The van der Waals surface area contributed by atoms with Gasteiger partial charge in [-0.1, -0.05) is 18.2 Å². The van der Waals surface area contributed by atoms with E-state index < -0.39 is 5.82 Å². The quantitative estimate of drug-likeness (QED) is 0.525. The van der Waals surface area contributed by atoms with E-state index in [2.05, 4.69) is 10.3 Å². The van der Waals surface area contributed by atoms with Gasteiger partial charge in [0.05, 0.1) is 5.56 Å². The Morgan fingerprint density at radius 1 is 1.00 bits per heavy atom. The maximum Gasteiger partial charge on any atom is 0.255 e. The number of carbonyl (C=O) groups is 1. The lowest BCUT2D eigenvalue weighted by atomic mass is 10.1. The average molecular weight is 360 g/mol. The number of benzene rings is 3. The molecule has 1 amide bonds. The highest BCUT2D eigenvalue weighted by Crippen LogP contribution is 2.28. The molecule has 4 rings (SSSR count). The van der Waals surface area contributed by atoms with Crippen LogP contribution in [0.1, 0.15) is 21.5 Å². The Morgan fingerprint density at radius 3 is 2.59 bits per heavy atom. The molecule has 0 atom stereocenters. The minimum absolute atomic E-state index is 0.199. The van der Waals surface area contributed by atoms with Crippen molar-refractivity contribution in [3.8, 4) is 11.5 Å². The zero-order valence-corrected chi connectivity index (χ0v) is 14.9. The van der Waals surface area contributed by atoms with Crippen molar-refractivity contribution >= 4 is 22.7 Å². The van der Waals surface area contributed by atoms with Gasteiger partial charge < -0.3 is 9.73 Å². The summed E-state index contributed by atoms with van der Waals surface area (Å²) < 4.78 is 19.6. The summed E-state index contributed by atoms with van der Waals surface area (Å²) in [7, 11) is 0. The summed E-state index contributed by atoms with van der Waals surface area (Å²) >= 11 is 0. The Kier molecular flexibility index (Phi) is 4.20. The summed E-state index contributed by atoms with van der Waals surface area (Å²) in [4.78, 5) is 16.8. The van der Waals surface area contributed by atoms with Gasteiger partial charge in [0, 0.05) is 11.3 Å². The maximum absolute atomic E-state index is 13.9. The van der Waals surface area contributed by atoms with E-state index in [1.165, 1.54) is 6.07 Å². The molecule has 0 unspecified atom stereocenters. The number of amides is 1. The molecule has 1 heterocycles. The van der Waals surface area contributed by atoms with Gasteiger partial charge >= 0.3 is 0 Å². The number of halogens is 1. The van der Waals surface area contributed by atoms with Gasteiger partial charge in [0.1, 0.15) is 11.3 Å². The number of anilines is 1. The summed E-state index contributed by atoms with van der Waals surface area (Å²) in [6, 6.07) is 17.0. The van der Waals surface area contributed by atoms with Crippen LogP contribution in [0.5, 0.6) is 0 Å². The molecule has 0 saturated carbocycles. The molecule has 4 nitrogen and oxygen atoms in total. The van der Waals surface area contributed by atoms with E-state index in [0.717, 1.165) is 11.1 Å². The molecule has 1 N–H and O–H groups in total. The average Bonchev–Trinajstić information content (AvgIpc) is 3.07. The highest BCUT2D eigenvalue weighted by atomic mass is 19.1. The summed E-state index contributed by atoms with van der Waals surface area (Å²) in [5.74, 6) is -0.386. The van der Waals surface area contributed by atoms with E-state index >= 15 is 0 Å². The van der Waals surface area contributed by atoms with Crippen LogP contribution in [0.15, 0.2) is 65.1 Å². The Hall–Kier alpha value is -3.47. The summed E-state index contributed by atoms with van der Waals surface area (Å²) in [6.45, 7) is 3.97. The molecule has 27 heavy (non-hydrogen) atoms. The minimum Gasteiger partial charge on any atom is -0.436 e. The van der Waals surface area contributed by atoms with Crippen molar-refractivity contribution in [2.45, 2.75) is 13.8 Å². The molecular formula is C22H17FN2O2. The molecule has 134 valence electrons. The van der Waals surface area contributed by atoms with Crippen LogP contribution in [0.3, 0.4) is 0 Å². The molecular weight excluding hydrogens is 343 g/mol. The van der Waals surface area contributed by atoms with Gasteiger partial charge in [0.15, 0.2) is 5.58 Å². The fourth-order valence-electron chi connectivity index (χ4n) is 2.84. The Bertz CT molecular complexity index is 1160. The number of hydrogen-bond donors (Lipinski definition) is 1. The van der Waals surface area contributed by atoms with Gasteiger partial charge in [0.2, 0.25) is 5.89 Å². The number of oxazole rings is 1. The van der Waals surface area contributed by atoms with Crippen molar-refractivity contribution in [1.82, 2.24) is 4.98 Å². The molecule has 0 spiro atoms. The smallest absolute Gasteiger partial charge is 0.255 e. The van der Waals surface area contributed by atoms with E-state index in [1.807, 2.05) is 26.0 Å². The van der Waals surface area contributed by atoms with Crippen LogP contribution in [0.4, 0.5) is 10.1 Å². The van der Waals surface area contributed by atoms with Crippen molar-refractivity contribution in [3.63, 3.8) is 0 Å². The van der Waals surface area contributed by atoms with Crippen LogP contribution >= 0.6 is 0 Å². The Morgan fingerprint density at radius 2 is 1.81 bits per heavy atom. The molecule has 0 bridgehead atoms. The van der Waals surface area contributed by atoms with Gasteiger partial charge in [0.25, 0.3) is 5.91 Å². The second kappa shape index (κ2) is 6.68. The molecule has 3 aromatic carbocycles. The highest BCUT2D eigenvalue weighted by molar-refractivity contribution is 6.05. The first-order chi connectivity index (χ1) is 13.0. The fourth-order valence-corrected chi connectivity index (χ4v) is 2.84. The SMILES string of the molecule is Cc1ccc(C(=O)Nc2ccc3oc(-c4ccccc4F)nc3c2)cc1C. The molecule has 0 fully saturated rings. The van der Waals surface area contributed by atoms with Crippen molar-refractivity contribution in [2.75, 3.05) is 5.32 Å². The maximum atomic E-state index is 13.9. The van der Waals surface area contributed by atoms with Gasteiger partial charge in [-0.05, 0) is 67.4 Å². The van der Waals surface area contributed by atoms with Gasteiger partial charge in [-0.3, -0.25) is 4.79 Å². The van der Waals surface area contributed by atoms with Gasteiger partial charge in [-0.25, -0.2) is 9.37 Å². The Labute approximate surface area is 155 Å². The minimum atomic E-state index is -0.396. The van der Waals surface area contributed by atoms with Gasteiger partial charge in [-0.15, -0.1) is 0 Å². The van der Waals surface area contributed by atoms with Crippen LogP contribution in [-0.4, -0.2) is 10.9 Å². The summed E-state index contributed by atoms with van der Waals surface area (Å²) in [6.07, 6.45) is 0. The van der Waals surface area contributed by atoms with E-state index in [-0.39, 0.29) is 11.8 Å². The normalized spacial score (nSPS) is 10.9. The van der Waals surface area contributed by atoms with Crippen LogP contribution < -0.4 is 5.32 Å². The van der Waals surface area contributed by atoms with Crippen LogP contribution in [0, 0.1) is 19.7 Å². The molecule has 5 heteroatoms. The second-order valence-corrected chi connectivity index (χ2v) is 6.43. The summed E-state index contributed by atoms with van der Waals surface area (Å²) in [5.41, 5.74) is 4.75. The number of hydrogen-bond acceptors (Lipinski definition) is 3. The predicted molar refractivity (Wildman–Crippen MR) is 103 cm³/mol.